The molecule has 0 aliphatic heterocycles. The van der Waals surface area contributed by atoms with Crippen molar-refractivity contribution in [1.82, 2.24) is 19.7 Å². The van der Waals surface area contributed by atoms with Crippen LogP contribution in [0, 0.1) is 5.92 Å². The first kappa shape index (κ1) is 13.4. The van der Waals surface area contributed by atoms with Crippen molar-refractivity contribution in [3.8, 4) is 0 Å². The summed E-state index contributed by atoms with van der Waals surface area (Å²) >= 11 is 0. The zero-order valence-electron chi connectivity index (χ0n) is 11.8. The van der Waals surface area contributed by atoms with Crippen LogP contribution in [0.25, 0.3) is 10.9 Å². The fourth-order valence-electron chi connectivity index (χ4n) is 2.23. The maximum atomic E-state index is 12.0. The number of aromatic nitrogens is 4. The molecule has 1 aromatic carbocycles. The molecule has 0 spiro atoms. The lowest BCUT2D eigenvalue weighted by molar-refractivity contribution is 0.467. The summed E-state index contributed by atoms with van der Waals surface area (Å²) in [5, 5.41) is 7.97. The lowest BCUT2D eigenvalue weighted by Crippen LogP contribution is -2.20. The zero-order valence-corrected chi connectivity index (χ0v) is 11.8. The number of para-hydroxylation sites is 1. The molecule has 21 heavy (non-hydrogen) atoms. The molecule has 2 N–H and O–H groups in total. The third-order valence-electron chi connectivity index (χ3n) is 3.29. The van der Waals surface area contributed by atoms with E-state index in [9.17, 15) is 4.79 Å². The van der Waals surface area contributed by atoms with E-state index in [-0.39, 0.29) is 5.56 Å². The highest BCUT2D eigenvalue weighted by molar-refractivity contribution is 5.78. The highest BCUT2D eigenvalue weighted by atomic mass is 16.1. The zero-order chi connectivity index (χ0) is 14.7. The van der Waals surface area contributed by atoms with Crippen LogP contribution >= 0.6 is 0 Å². The van der Waals surface area contributed by atoms with Crippen molar-refractivity contribution in [2.24, 2.45) is 5.92 Å². The second-order valence-corrected chi connectivity index (χ2v) is 5.15. The quantitative estimate of drug-likeness (QED) is 0.749. The van der Waals surface area contributed by atoms with E-state index in [2.05, 4.69) is 27.3 Å². The predicted molar refractivity (Wildman–Crippen MR) is 82.2 cm³/mol. The van der Waals surface area contributed by atoms with Crippen molar-refractivity contribution in [3.05, 3.63) is 53.1 Å². The molecule has 3 aromatic rings. The van der Waals surface area contributed by atoms with Crippen LogP contribution in [0.1, 0.15) is 6.92 Å². The van der Waals surface area contributed by atoms with E-state index in [1.807, 2.05) is 35.1 Å². The molecule has 6 heteroatoms. The molecule has 2 aromatic heterocycles. The molecule has 0 saturated carbocycles. The number of H-pyrrole nitrogens is 1. The smallest absolute Gasteiger partial charge is 0.260 e. The average molecular weight is 283 g/mol. The van der Waals surface area contributed by atoms with Crippen LogP contribution in [-0.4, -0.2) is 26.3 Å². The van der Waals surface area contributed by atoms with Crippen LogP contribution in [0.2, 0.25) is 0 Å². The molecular formula is C15H17N5O. The van der Waals surface area contributed by atoms with Gasteiger partial charge in [-0.25, -0.2) is 4.98 Å². The van der Waals surface area contributed by atoms with Gasteiger partial charge in [0.05, 0.1) is 10.9 Å². The van der Waals surface area contributed by atoms with Crippen LogP contribution in [-0.2, 0) is 6.54 Å². The van der Waals surface area contributed by atoms with Gasteiger partial charge in [0.15, 0.2) is 0 Å². The van der Waals surface area contributed by atoms with Gasteiger partial charge in [-0.3, -0.25) is 14.5 Å². The first-order valence-electron chi connectivity index (χ1n) is 6.93. The standard InChI is InChI=1S/C15H17N5O/c1-11(10-20-8-4-7-17-20)9-16-15-18-13-6-3-2-5-12(13)14(21)19-15/h2-8,11H,9-10H2,1H3,(H2,16,18,19,21)/t11-/m0/s1. The topological polar surface area (TPSA) is 75.6 Å². The number of rotatable bonds is 5. The van der Waals surface area contributed by atoms with Gasteiger partial charge in [-0.2, -0.15) is 5.10 Å². The van der Waals surface area contributed by atoms with Crippen LogP contribution in [0.15, 0.2) is 47.5 Å². The van der Waals surface area contributed by atoms with Crippen molar-refractivity contribution < 1.29 is 0 Å². The molecule has 0 fully saturated rings. The molecule has 2 heterocycles. The normalized spacial score (nSPS) is 12.4. The molecule has 0 unspecified atom stereocenters. The summed E-state index contributed by atoms with van der Waals surface area (Å²) in [6, 6.07) is 9.22. The van der Waals surface area contributed by atoms with Crippen molar-refractivity contribution in [1.29, 1.82) is 0 Å². The van der Waals surface area contributed by atoms with Crippen LogP contribution in [0.4, 0.5) is 5.95 Å². The monoisotopic (exact) mass is 283 g/mol. The Kier molecular flexibility index (Phi) is 3.68. The maximum absolute atomic E-state index is 12.0. The Morgan fingerprint density at radius 2 is 2.19 bits per heavy atom. The minimum Gasteiger partial charge on any atom is -0.355 e. The average Bonchev–Trinajstić information content (AvgIpc) is 2.98. The van der Waals surface area contributed by atoms with Crippen molar-refractivity contribution >= 4 is 16.9 Å². The third kappa shape index (κ3) is 3.10. The Labute approximate surface area is 121 Å². The molecule has 0 aliphatic rings. The largest absolute Gasteiger partial charge is 0.355 e. The maximum Gasteiger partial charge on any atom is 0.260 e. The van der Waals surface area contributed by atoms with Crippen LogP contribution in [0.5, 0.6) is 0 Å². The number of fused-ring (bicyclic) bond motifs is 1. The van der Waals surface area contributed by atoms with Crippen molar-refractivity contribution in [2.75, 3.05) is 11.9 Å². The Morgan fingerprint density at radius 1 is 1.33 bits per heavy atom. The second kappa shape index (κ2) is 5.78. The number of aromatic amines is 1. The highest BCUT2D eigenvalue weighted by Crippen LogP contribution is 2.08. The van der Waals surface area contributed by atoms with E-state index >= 15 is 0 Å². The SMILES string of the molecule is C[C@@H](CNc1nc2ccccc2c(=O)[nH]1)Cn1cccn1. The van der Waals surface area contributed by atoms with Gasteiger partial charge >= 0.3 is 0 Å². The fraction of sp³-hybridized carbons (Fsp3) is 0.267. The molecule has 0 aliphatic carbocycles. The summed E-state index contributed by atoms with van der Waals surface area (Å²) < 4.78 is 1.89. The lowest BCUT2D eigenvalue weighted by atomic mass is 10.2. The molecular weight excluding hydrogens is 266 g/mol. The number of benzene rings is 1. The van der Waals surface area contributed by atoms with Crippen LogP contribution < -0.4 is 10.9 Å². The predicted octanol–water partition coefficient (Wildman–Crippen LogP) is 1.87. The summed E-state index contributed by atoms with van der Waals surface area (Å²) in [4.78, 5) is 19.1. The number of anilines is 1. The number of hydrogen-bond donors (Lipinski definition) is 2. The minimum atomic E-state index is -0.122. The van der Waals surface area contributed by atoms with Gasteiger partial charge in [-0.1, -0.05) is 19.1 Å². The number of hydrogen-bond acceptors (Lipinski definition) is 4. The molecule has 1 atom stereocenters. The van der Waals surface area contributed by atoms with E-state index in [0.29, 0.717) is 29.3 Å². The minimum absolute atomic E-state index is 0.122. The highest BCUT2D eigenvalue weighted by Gasteiger charge is 2.06. The van der Waals surface area contributed by atoms with Gasteiger partial charge in [0.1, 0.15) is 0 Å². The third-order valence-corrected chi connectivity index (χ3v) is 3.29. The van der Waals surface area contributed by atoms with Gasteiger partial charge in [-0.05, 0) is 24.1 Å². The summed E-state index contributed by atoms with van der Waals surface area (Å²) in [6.45, 7) is 3.65. The van der Waals surface area contributed by atoms with E-state index < -0.39 is 0 Å². The summed E-state index contributed by atoms with van der Waals surface area (Å²) in [6.07, 6.45) is 3.70. The first-order chi connectivity index (χ1) is 10.2. The van der Waals surface area contributed by atoms with Gasteiger partial charge < -0.3 is 5.32 Å². The molecule has 108 valence electrons. The molecule has 6 nitrogen and oxygen atoms in total. The number of nitrogens with one attached hydrogen (secondary N) is 2. The van der Waals surface area contributed by atoms with Crippen molar-refractivity contribution in [3.63, 3.8) is 0 Å². The van der Waals surface area contributed by atoms with Gasteiger partial charge in [0, 0.05) is 25.5 Å². The number of nitrogens with zero attached hydrogens (tertiary/aromatic N) is 3. The molecule has 0 saturated heterocycles. The molecule has 0 radical (unpaired) electrons. The van der Waals surface area contributed by atoms with E-state index in [4.69, 9.17) is 0 Å². The molecule has 3 rings (SSSR count). The second-order valence-electron chi connectivity index (χ2n) is 5.15. The fourth-order valence-corrected chi connectivity index (χ4v) is 2.23. The van der Waals surface area contributed by atoms with Gasteiger partial charge in [-0.15, -0.1) is 0 Å². The summed E-state index contributed by atoms with van der Waals surface area (Å²) in [5.74, 6) is 0.868. The Hall–Kier alpha value is -2.63. The first-order valence-corrected chi connectivity index (χ1v) is 6.93. The Morgan fingerprint density at radius 3 is 3.00 bits per heavy atom. The van der Waals surface area contributed by atoms with Crippen molar-refractivity contribution in [2.45, 2.75) is 13.5 Å². The van der Waals surface area contributed by atoms with E-state index in [0.717, 1.165) is 6.54 Å². The summed E-state index contributed by atoms with van der Waals surface area (Å²) in [5.41, 5.74) is 0.575. The van der Waals surface area contributed by atoms with E-state index in [1.165, 1.54) is 0 Å². The van der Waals surface area contributed by atoms with Gasteiger partial charge in [0.2, 0.25) is 5.95 Å². The molecule has 0 bridgehead atoms. The van der Waals surface area contributed by atoms with Crippen LogP contribution in [0.3, 0.4) is 0 Å². The van der Waals surface area contributed by atoms with E-state index in [1.54, 1.807) is 12.3 Å². The Bertz CT molecular complexity index is 778. The molecule has 0 amide bonds. The lowest BCUT2D eigenvalue weighted by Gasteiger charge is -2.13. The summed E-state index contributed by atoms with van der Waals surface area (Å²) in [7, 11) is 0. The van der Waals surface area contributed by atoms with Gasteiger partial charge in [0.25, 0.3) is 5.56 Å². The Balaban J connectivity index is 1.69.